The van der Waals surface area contributed by atoms with E-state index in [4.69, 9.17) is 5.73 Å². The summed E-state index contributed by atoms with van der Waals surface area (Å²) in [5, 5.41) is 0. The molecule has 7 heteroatoms. The van der Waals surface area contributed by atoms with E-state index < -0.39 is 18.8 Å². The maximum absolute atomic E-state index is 12.3. The molecular formula is C10H18F3N3O. The molecule has 0 spiro atoms. The van der Waals surface area contributed by atoms with Crippen LogP contribution >= 0.6 is 0 Å². The van der Waals surface area contributed by atoms with Crippen molar-refractivity contribution in [2.24, 2.45) is 5.73 Å². The van der Waals surface area contributed by atoms with Gasteiger partial charge in [0, 0.05) is 26.2 Å². The first-order valence-electron chi connectivity index (χ1n) is 5.74. The molecular weight excluding hydrogens is 235 g/mol. The molecule has 0 atom stereocenters. The van der Waals surface area contributed by atoms with E-state index in [2.05, 4.69) is 0 Å². The van der Waals surface area contributed by atoms with Crippen LogP contribution in [0.4, 0.5) is 18.0 Å². The lowest BCUT2D eigenvalue weighted by Gasteiger charge is -2.33. The second-order valence-corrected chi connectivity index (χ2v) is 4.16. The third-order valence-corrected chi connectivity index (χ3v) is 2.67. The third-order valence-electron chi connectivity index (χ3n) is 2.67. The largest absolute Gasteiger partial charge is 0.406 e. The van der Waals surface area contributed by atoms with Gasteiger partial charge in [-0.25, -0.2) is 4.79 Å². The minimum absolute atomic E-state index is 0.0374. The fraction of sp³-hybridized carbons (Fsp3) is 0.900. The van der Waals surface area contributed by atoms with Crippen LogP contribution < -0.4 is 5.73 Å². The Hall–Kier alpha value is -0.980. The predicted molar refractivity (Wildman–Crippen MR) is 57.5 cm³/mol. The van der Waals surface area contributed by atoms with Crippen molar-refractivity contribution >= 4 is 6.03 Å². The highest BCUT2D eigenvalue weighted by molar-refractivity contribution is 5.74. The molecule has 1 aliphatic rings. The van der Waals surface area contributed by atoms with Crippen LogP contribution in [0.15, 0.2) is 0 Å². The normalized spacial score (nSPS) is 17.1. The van der Waals surface area contributed by atoms with Crippen LogP contribution in [-0.2, 0) is 0 Å². The molecule has 0 radical (unpaired) electrons. The van der Waals surface area contributed by atoms with Crippen LogP contribution in [-0.4, -0.2) is 54.7 Å². The van der Waals surface area contributed by atoms with Crippen LogP contribution in [0.5, 0.6) is 0 Å². The lowest BCUT2D eigenvalue weighted by atomic mass is 10.1. The zero-order valence-corrected chi connectivity index (χ0v) is 9.67. The minimum Gasteiger partial charge on any atom is -0.329 e. The number of hydrogen-bond acceptors (Lipinski definition) is 2. The Kier molecular flexibility index (Phi) is 5.04. The third kappa shape index (κ3) is 4.80. The molecule has 2 N–H and O–H groups in total. The first kappa shape index (κ1) is 14.1. The van der Waals surface area contributed by atoms with Crippen molar-refractivity contribution < 1.29 is 18.0 Å². The van der Waals surface area contributed by atoms with E-state index in [1.54, 1.807) is 0 Å². The molecule has 17 heavy (non-hydrogen) atoms. The molecule has 0 aliphatic carbocycles. The lowest BCUT2D eigenvalue weighted by Crippen LogP contribution is -2.50. The highest BCUT2D eigenvalue weighted by Crippen LogP contribution is 2.18. The Morgan fingerprint density at radius 3 is 2.29 bits per heavy atom. The van der Waals surface area contributed by atoms with E-state index in [1.165, 1.54) is 4.90 Å². The van der Waals surface area contributed by atoms with Crippen molar-refractivity contribution in [1.82, 2.24) is 9.80 Å². The average molecular weight is 253 g/mol. The monoisotopic (exact) mass is 253 g/mol. The Morgan fingerprint density at radius 2 is 1.82 bits per heavy atom. The standard InChI is InChI=1S/C10H18F3N3O/c11-10(12,13)8-16(7-4-14)9(17)15-5-2-1-3-6-15/h1-8,14H2. The SMILES string of the molecule is NCCN(CC(F)(F)F)C(=O)N1CCCCC1. The molecule has 100 valence electrons. The molecule has 0 unspecified atom stereocenters. The highest BCUT2D eigenvalue weighted by Gasteiger charge is 2.34. The second-order valence-electron chi connectivity index (χ2n) is 4.16. The zero-order chi connectivity index (χ0) is 12.9. The number of urea groups is 1. The number of nitrogens with zero attached hydrogens (tertiary/aromatic N) is 2. The van der Waals surface area contributed by atoms with E-state index in [1.807, 2.05) is 0 Å². The number of rotatable bonds is 3. The van der Waals surface area contributed by atoms with E-state index in [0.717, 1.165) is 24.2 Å². The summed E-state index contributed by atoms with van der Waals surface area (Å²) in [4.78, 5) is 14.1. The van der Waals surface area contributed by atoms with Crippen LogP contribution in [0.25, 0.3) is 0 Å². The van der Waals surface area contributed by atoms with Crippen molar-refractivity contribution in [3.63, 3.8) is 0 Å². The number of alkyl halides is 3. The van der Waals surface area contributed by atoms with Crippen molar-refractivity contribution in [1.29, 1.82) is 0 Å². The second kappa shape index (κ2) is 6.09. The molecule has 0 saturated carbocycles. The fourth-order valence-electron chi connectivity index (χ4n) is 1.90. The molecule has 0 bridgehead atoms. The average Bonchev–Trinajstić information content (AvgIpc) is 2.27. The van der Waals surface area contributed by atoms with Crippen LogP contribution in [0, 0.1) is 0 Å². The molecule has 0 aromatic carbocycles. The Morgan fingerprint density at radius 1 is 1.24 bits per heavy atom. The number of amides is 2. The number of likely N-dealkylation sites (tertiary alicyclic amines) is 1. The predicted octanol–water partition coefficient (Wildman–Crippen LogP) is 1.42. The summed E-state index contributed by atoms with van der Waals surface area (Å²) < 4.78 is 36.9. The number of hydrogen-bond donors (Lipinski definition) is 1. The maximum atomic E-state index is 12.3. The smallest absolute Gasteiger partial charge is 0.329 e. The summed E-state index contributed by atoms with van der Waals surface area (Å²) in [5.41, 5.74) is 5.24. The van der Waals surface area contributed by atoms with Gasteiger partial charge in [-0.3, -0.25) is 0 Å². The summed E-state index contributed by atoms with van der Waals surface area (Å²) in [6.07, 6.45) is -1.64. The number of halogens is 3. The molecule has 1 saturated heterocycles. The molecule has 4 nitrogen and oxygen atoms in total. The molecule has 1 rings (SSSR count). The Balaban J connectivity index is 2.58. The van der Waals surface area contributed by atoms with Crippen molar-refractivity contribution in [3.05, 3.63) is 0 Å². The summed E-state index contributed by atoms with van der Waals surface area (Å²) in [5.74, 6) is 0. The lowest BCUT2D eigenvalue weighted by molar-refractivity contribution is -0.140. The summed E-state index contributed by atoms with van der Waals surface area (Å²) in [6.45, 7) is -0.167. The Labute approximate surface area is 98.5 Å². The van der Waals surface area contributed by atoms with Gasteiger partial charge in [0.2, 0.25) is 0 Å². The molecule has 0 aromatic heterocycles. The molecule has 2 amide bonds. The van der Waals surface area contributed by atoms with E-state index in [-0.39, 0.29) is 13.1 Å². The van der Waals surface area contributed by atoms with Crippen LogP contribution in [0.3, 0.4) is 0 Å². The number of piperidine rings is 1. The van der Waals surface area contributed by atoms with Gasteiger partial charge in [-0.05, 0) is 19.3 Å². The topological polar surface area (TPSA) is 49.6 Å². The van der Waals surface area contributed by atoms with Crippen molar-refractivity contribution in [2.75, 3.05) is 32.7 Å². The summed E-state index contributed by atoms with van der Waals surface area (Å²) >= 11 is 0. The number of carbonyl (C=O) groups excluding carboxylic acids is 1. The maximum Gasteiger partial charge on any atom is 0.406 e. The van der Waals surface area contributed by atoms with Crippen molar-refractivity contribution in [3.8, 4) is 0 Å². The molecule has 1 fully saturated rings. The molecule has 1 heterocycles. The fourth-order valence-corrected chi connectivity index (χ4v) is 1.90. The van der Waals surface area contributed by atoms with Crippen molar-refractivity contribution in [2.45, 2.75) is 25.4 Å². The number of nitrogens with two attached hydrogens (primary N) is 1. The van der Waals surface area contributed by atoms with Gasteiger partial charge in [0.15, 0.2) is 0 Å². The minimum atomic E-state index is -4.37. The van der Waals surface area contributed by atoms with Gasteiger partial charge in [-0.15, -0.1) is 0 Å². The Bertz CT molecular complexity index is 252. The quantitative estimate of drug-likeness (QED) is 0.827. The zero-order valence-electron chi connectivity index (χ0n) is 9.67. The van der Waals surface area contributed by atoms with Gasteiger partial charge < -0.3 is 15.5 Å². The van der Waals surface area contributed by atoms with Gasteiger partial charge in [0.25, 0.3) is 0 Å². The van der Waals surface area contributed by atoms with E-state index in [9.17, 15) is 18.0 Å². The first-order valence-corrected chi connectivity index (χ1v) is 5.74. The van der Waals surface area contributed by atoms with Gasteiger partial charge in [-0.1, -0.05) is 0 Å². The van der Waals surface area contributed by atoms with Gasteiger partial charge in [0.1, 0.15) is 6.54 Å². The highest BCUT2D eigenvalue weighted by atomic mass is 19.4. The molecule has 0 aromatic rings. The van der Waals surface area contributed by atoms with Crippen LogP contribution in [0.1, 0.15) is 19.3 Å². The van der Waals surface area contributed by atoms with E-state index in [0.29, 0.717) is 13.1 Å². The van der Waals surface area contributed by atoms with Gasteiger partial charge in [0.05, 0.1) is 0 Å². The summed E-state index contributed by atoms with van der Waals surface area (Å²) in [7, 11) is 0. The number of carbonyl (C=O) groups is 1. The first-order chi connectivity index (χ1) is 7.94. The molecule has 1 aliphatic heterocycles. The van der Waals surface area contributed by atoms with Gasteiger partial charge in [-0.2, -0.15) is 13.2 Å². The van der Waals surface area contributed by atoms with Gasteiger partial charge >= 0.3 is 12.2 Å². The van der Waals surface area contributed by atoms with Crippen LogP contribution in [0.2, 0.25) is 0 Å². The van der Waals surface area contributed by atoms with E-state index >= 15 is 0 Å². The summed E-state index contributed by atoms with van der Waals surface area (Å²) in [6, 6.07) is -0.549.